The van der Waals surface area contributed by atoms with Gasteiger partial charge in [-0.1, -0.05) is 6.07 Å². The van der Waals surface area contributed by atoms with E-state index >= 15 is 0 Å². The molecule has 8 heteroatoms. The van der Waals surface area contributed by atoms with Crippen molar-refractivity contribution in [3.8, 4) is 17.4 Å². The molecule has 1 N–H and O–H groups in total. The second-order valence-corrected chi connectivity index (χ2v) is 4.57. The maximum absolute atomic E-state index is 12.3. The molecule has 0 aliphatic heterocycles. The summed E-state index contributed by atoms with van der Waals surface area (Å²) in [5, 5.41) is 2.65. The average molecular weight is 325 g/mol. The molecule has 0 radical (unpaired) electrons. The Hall–Kier alpha value is -3.55. The SMILES string of the molecule is COc1cccc(NC(=O)c2cc(Oc3cncnc3)ccn2)n1.[HH]. The third kappa shape index (κ3) is 3.80. The quantitative estimate of drug-likeness (QED) is 0.769. The molecule has 8 nitrogen and oxygen atoms in total. The number of aromatic nitrogens is 4. The zero-order valence-electron chi connectivity index (χ0n) is 12.7. The smallest absolute Gasteiger partial charge is 0.275 e. The minimum Gasteiger partial charge on any atom is -0.481 e. The van der Waals surface area contributed by atoms with E-state index < -0.39 is 5.91 Å². The van der Waals surface area contributed by atoms with Crippen LogP contribution in [0.5, 0.6) is 17.4 Å². The van der Waals surface area contributed by atoms with Crippen molar-refractivity contribution in [2.24, 2.45) is 0 Å². The van der Waals surface area contributed by atoms with E-state index in [0.29, 0.717) is 23.2 Å². The van der Waals surface area contributed by atoms with Gasteiger partial charge in [0.25, 0.3) is 5.91 Å². The lowest BCUT2D eigenvalue weighted by Gasteiger charge is -2.07. The van der Waals surface area contributed by atoms with Crippen LogP contribution in [0.1, 0.15) is 11.9 Å². The first-order valence-corrected chi connectivity index (χ1v) is 6.96. The molecule has 3 heterocycles. The predicted molar refractivity (Wildman–Crippen MR) is 87.2 cm³/mol. The van der Waals surface area contributed by atoms with Crippen molar-refractivity contribution in [2.75, 3.05) is 12.4 Å². The normalized spacial score (nSPS) is 10.0. The highest BCUT2D eigenvalue weighted by Gasteiger charge is 2.10. The van der Waals surface area contributed by atoms with Crippen LogP contribution in [0.4, 0.5) is 5.82 Å². The topological polar surface area (TPSA) is 99.1 Å². The highest BCUT2D eigenvalue weighted by Crippen LogP contribution is 2.20. The maximum atomic E-state index is 12.3. The summed E-state index contributed by atoms with van der Waals surface area (Å²) in [7, 11) is 1.50. The first kappa shape index (κ1) is 15.3. The van der Waals surface area contributed by atoms with Crippen LogP contribution in [0.15, 0.2) is 55.2 Å². The number of hydrogen-bond donors (Lipinski definition) is 1. The summed E-state index contributed by atoms with van der Waals surface area (Å²) in [4.78, 5) is 28.2. The molecule has 0 fully saturated rings. The lowest BCUT2D eigenvalue weighted by atomic mass is 10.3. The summed E-state index contributed by atoms with van der Waals surface area (Å²) in [6.07, 6.45) is 5.92. The Bertz CT molecular complexity index is 848. The molecule has 0 bridgehead atoms. The number of carbonyl (C=O) groups excluding carboxylic acids is 1. The molecule has 0 saturated heterocycles. The number of methoxy groups -OCH3 is 1. The summed E-state index contributed by atoms with van der Waals surface area (Å²) < 4.78 is 10.6. The molecule has 122 valence electrons. The third-order valence-electron chi connectivity index (χ3n) is 2.91. The Morgan fingerprint density at radius 1 is 1.17 bits per heavy atom. The molecule has 0 aliphatic carbocycles. The summed E-state index contributed by atoms with van der Waals surface area (Å²) in [5.41, 5.74) is 0.189. The summed E-state index contributed by atoms with van der Waals surface area (Å²) in [6, 6.07) is 8.21. The highest BCUT2D eigenvalue weighted by atomic mass is 16.5. The van der Waals surface area contributed by atoms with Crippen LogP contribution >= 0.6 is 0 Å². The van der Waals surface area contributed by atoms with Crippen LogP contribution in [-0.2, 0) is 0 Å². The molecule has 3 aromatic heterocycles. The second kappa shape index (κ2) is 7.14. The van der Waals surface area contributed by atoms with Gasteiger partial charge in [-0.2, -0.15) is 4.98 Å². The number of amides is 1. The monoisotopic (exact) mass is 325 g/mol. The Morgan fingerprint density at radius 2 is 2.00 bits per heavy atom. The Kier molecular flexibility index (Phi) is 4.57. The van der Waals surface area contributed by atoms with Gasteiger partial charge < -0.3 is 14.8 Å². The van der Waals surface area contributed by atoms with Crippen LogP contribution in [0.25, 0.3) is 0 Å². The highest BCUT2D eigenvalue weighted by molar-refractivity contribution is 6.02. The molecule has 0 aromatic carbocycles. The van der Waals surface area contributed by atoms with Gasteiger partial charge in [0.2, 0.25) is 5.88 Å². The predicted octanol–water partition coefficient (Wildman–Crippen LogP) is 2.57. The van der Waals surface area contributed by atoms with Crippen molar-refractivity contribution in [2.45, 2.75) is 0 Å². The van der Waals surface area contributed by atoms with Crippen LogP contribution in [0, 0.1) is 0 Å². The van der Waals surface area contributed by atoms with Gasteiger partial charge in [0.15, 0.2) is 5.75 Å². The van der Waals surface area contributed by atoms with Gasteiger partial charge in [0, 0.05) is 19.8 Å². The van der Waals surface area contributed by atoms with Crippen molar-refractivity contribution in [3.05, 3.63) is 60.9 Å². The van der Waals surface area contributed by atoms with Crippen LogP contribution < -0.4 is 14.8 Å². The van der Waals surface area contributed by atoms with E-state index in [9.17, 15) is 4.79 Å². The first-order valence-electron chi connectivity index (χ1n) is 6.96. The number of anilines is 1. The minimum atomic E-state index is -0.412. The van der Waals surface area contributed by atoms with Crippen molar-refractivity contribution < 1.29 is 15.7 Å². The van der Waals surface area contributed by atoms with Gasteiger partial charge in [0.1, 0.15) is 23.6 Å². The van der Waals surface area contributed by atoms with Crippen LogP contribution in [-0.4, -0.2) is 33.0 Å². The Balaban J connectivity index is 0.00000225. The zero-order chi connectivity index (χ0) is 16.8. The molecule has 3 aromatic rings. The molecule has 0 atom stereocenters. The lowest BCUT2D eigenvalue weighted by molar-refractivity contribution is 0.102. The van der Waals surface area contributed by atoms with E-state index in [2.05, 4.69) is 25.3 Å². The van der Waals surface area contributed by atoms with Gasteiger partial charge in [-0.3, -0.25) is 9.78 Å². The van der Waals surface area contributed by atoms with E-state index in [1.54, 1.807) is 24.3 Å². The maximum Gasteiger partial charge on any atom is 0.275 e. The van der Waals surface area contributed by atoms with Gasteiger partial charge in [-0.25, -0.2) is 9.97 Å². The second-order valence-electron chi connectivity index (χ2n) is 4.57. The fourth-order valence-corrected chi connectivity index (χ4v) is 1.85. The number of rotatable bonds is 5. The standard InChI is InChI=1S/C16H13N5O3.H2/c1-23-15-4-2-3-14(20-15)21-16(22)13-7-11(5-6-19-13)24-12-8-17-10-18-9-12;/h2-10H,1H3,(H,20,21,22);1H. The summed E-state index contributed by atoms with van der Waals surface area (Å²) in [6.45, 7) is 0. The van der Waals surface area contributed by atoms with Crippen LogP contribution in [0.2, 0.25) is 0 Å². The number of ether oxygens (including phenoxy) is 2. The average Bonchev–Trinajstić information content (AvgIpc) is 2.63. The van der Waals surface area contributed by atoms with E-state index in [-0.39, 0.29) is 7.12 Å². The Labute approximate surface area is 139 Å². The molecule has 1 amide bonds. The first-order chi connectivity index (χ1) is 11.7. The summed E-state index contributed by atoms with van der Waals surface area (Å²) >= 11 is 0. The zero-order valence-corrected chi connectivity index (χ0v) is 12.7. The van der Waals surface area contributed by atoms with E-state index in [4.69, 9.17) is 9.47 Å². The van der Waals surface area contributed by atoms with Gasteiger partial charge in [-0.15, -0.1) is 0 Å². The number of hydrogen-bond acceptors (Lipinski definition) is 7. The lowest BCUT2D eigenvalue weighted by Crippen LogP contribution is -2.14. The molecule has 0 aliphatic rings. The molecule has 24 heavy (non-hydrogen) atoms. The molecular weight excluding hydrogens is 310 g/mol. The number of pyridine rings is 2. The van der Waals surface area contributed by atoms with E-state index in [1.807, 2.05) is 0 Å². The van der Waals surface area contributed by atoms with Gasteiger partial charge in [0.05, 0.1) is 19.5 Å². The number of nitrogens with zero attached hydrogens (tertiary/aromatic N) is 4. The largest absolute Gasteiger partial charge is 0.481 e. The van der Waals surface area contributed by atoms with E-state index in [1.165, 1.54) is 38.1 Å². The summed E-state index contributed by atoms with van der Waals surface area (Å²) in [5.74, 6) is 1.27. The van der Waals surface area contributed by atoms with Crippen LogP contribution in [0.3, 0.4) is 0 Å². The minimum absolute atomic E-state index is 0. The molecule has 0 unspecified atom stereocenters. The molecule has 0 saturated carbocycles. The number of nitrogens with one attached hydrogen (secondary N) is 1. The molecule has 0 spiro atoms. The third-order valence-corrected chi connectivity index (χ3v) is 2.91. The molecular formula is C16H15N5O3. The number of carbonyl (C=O) groups is 1. The Morgan fingerprint density at radius 3 is 2.79 bits per heavy atom. The van der Waals surface area contributed by atoms with Crippen molar-refractivity contribution in [3.63, 3.8) is 0 Å². The van der Waals surface area contributed by atoms with Crippen molar-refractivity contribution >= 4 is 11.7 Å². The van der Waals surface area contributed by atoms with Gasteiger partial charge >= 0.3 is 0 Å². The molecule has 3 rings (SSSR count). The van der Waals surface area contributed by atoms with Crippen molar-refractivity contribution in [1.82, 2.24) is 19.9 Å². The fraction of sp³-hybridized carbons (Fsp3) is 0.0625. The van der Waals surface area contributed by atoms with Crippen molar-refractivity contribution in [1.29, 1.82) is 0 Å². The van der Waals surface area contributed by atoms with Gasteiger partial charge in [-0.05, 0) is 12.1 Å². The van der Waals surface area contributed by atoms with E-state index in [0.717, 1.165) is 0 Å². The fourth-order valence-electron chi connectivity index (χ4n) is 1.85.